The summed E-state index contributed by atoms with van der Waals surface area (Å²) in [5.41, 5.74) is 3.24. The summed E-state index contributed by atoms with van der Waals surface area (Å²) in [6.07, 6.45) is 2.26. The van der Waals surface area contributed by atoms with E-state index in [4.69, 9.17) is 4.74 Å². The Kier molecular flexibility index (Phi) is 4.79. The molecule has 1 amide bonds. The molecule has 0 bridgehead atoms. The molecule has 3 rings (SSSR count). The first-order valence-corrected chi connectivity index (χ1v) is 8.93. The van der Waals surface area contributed by atoms with Gasteiger partial charge in [-0.3, -0.25) is 0 Å². The first-order valence-electron chi connectivity index (χ1n) is 7.54. The lowest BCUT2D eigenvalue weighted by molar-refractivity contribution is -0.140. The molecule has 23 heavy (non-hydrogen) atoms. The van der Waals surface area contributed by atoms with E-state index in [2.05, 4.69) is 16.4 Å². The Morgan fingerprint density at radius 2 is 2.35 bits per heavy atom. The molecule has 0 aliphatic carbocycles. The highest BCUT2D eigenvalue weighted by molar-refractivity contribution is 7.98. The number of H-pyrrole nitrogens is 1. The number of rotatable bonds is 4. The number of fused-ring (bicyclic) bond motifs is 3. The van der Waals surface area contributed by atoms with Crippen molar-refractivity contribution in [3.63, 3.8) is 0 Å². The van der Waals surface area contributed by atoms with Crippen LogP contribution in [-0.4, -0.2) is 53.1 Å². The number of benzene rings is 1. The van der Waals surface area contributed by atoms with E-state index < -0.39 is 6.09 Å². The molecule has 6 nitrogen and oxygen atoms in total. The zero-order valence-corrected chi connectivity index (χ0v) is 14.0. The summed E-state index contributed by atoms with van der Waals surface area (Å²) in [7, 11) is 1.34. The molecular weight excluding hydrogens is 314 g/mol. The lowest BCUT2D eigenvalue weighted by Gasteiger charge is -2.36. The van der Waals surface area contributed by atoms with E-state index in [-0.39, 0.29) is 12.1 Å². The summed E-state index contributed by atoms with van der Waals surface area (Å²) >= 11 is 1.62. The summed E-state index contributed by atoms with van der Waals surface area (Å²) in [5, 5.41) is 15.8. The van der Waals surface area contributed by atoms with Crippen LogP contribution in [0.2, 0.25) is 0 Å². The van der Waals surface area contributed by atoms with E-state index in [1.54, 1.807) is 11.8 Å². The third-order valence-corrected chi connectivity index (χ3v) is 4.96. The second-order valence-corrected chi connectivity index (χ2v) is 6.53. The molecule has 0 fully saturated rings. The number of hydroxylamine groups is 2. The van der Waals surface area contributed by atoms with Crippen LogP contribution in [0.1, 0.15) is 17.3 Å². The Bertz CT molecular complexity index is 703. The first kappa shape index (κ1) is 16.2. The molecule has 7 heteroatoms. The van der Waals surface area contributed by atoms with Gasteiger partial charge in [0.05, 0.1) is 19.2 Å². The van der Waals surface area contributed by atoms with E-state index in [0.29, 0.717) is 12.3 Å². The van der Waals surface area contributed by atoms with Gasteiger partial charge in [0.15, 0.2) is 0 Å². The lowest BCUT2D eigenvalue weighted by Crippen LogP contribution is -2.49. The molecule has 2 aromatic rings. The lowest BCUT2D eigenvalue weighted by atomic mass is 9.95. The highest BCUT2D eigenvalue weighted by Gasteiger charge is 2.36. The van der Waals surface area contributed by atoms with Crippen LogP contribution in [0.4, 0.5) is 4.79 Å². The number of nitrogens with one attached hydrogen (secondary N) is 2. The minimum absolute atomic E-state index is 0.255. The molecule has 124 valence electrons. The van der Waals surface area contributed by atoms with Gasteiger partial charge in [-0.15, -0.1) is 0 Å². The Morgan fingerprint density at radius 3 is 3.09 bits per heavy atom. The van der Waals surface area contributed by atoms with Gasteiger partial charge >= 0.3 is 6.09 Å². The number of nitrogens with zero attached hydrogens (tertiary/aromatic N) is 1. The molecule has 2 heterocycles. The van der Waals surface area contributed by atoms with Crippen molar-refractivity contribution in [1.29, 1.82) is 0 Å². The number of amides is 1. The van der Waals surface area contributed by atoms with Crippen molar-refractivity contribution in [3.8, 4) is 0 Å². The van der Waals surface area contributed by atoms with E-state index >= 15 is 0 Å². The molecule has 1 aromatic heterocycles. The van der Waals surface area contributed by atoms with Crippen LogP contribution < -0.4 is 5.32 Å². The van der Waals surface area contributed by atoms with Crippen LogP contribution in [0.5, 0.6) is 0 Å². The third-order valence-electron chi connectivity index (χ3n) is 4.27. The predicted molar refractivity (Wildman–Crippen MR) is 90.9 cm³/mol. The van der Waals surface area contributed by atoms with Crippen LogP contribution >= 0.6 is 11.8 Å². The van der Waals surface area contributed by atoms with Crippen LogP contribution in [0.3, 0.4) is 0 Å². The second-order valence-electron chi connectivity index (χ2n) is 5.62. The fraction of sp³-hybridized carbons (Fsp3) is 0.438. The van der Waals surface area contributed by atoms with Crippen molar-refractivity contribution in [2.45, 2.75) is 18.5 Å². The van der Waals surface area contributed by atoms with Gasteiger partial charge in [-0.05, 0) is 24.3 Å². The fourth-order valence-corrected chi connectivity index (χ4v) is 3.89. The number of alkyl carbamates (subject to hydrolysis) is 1. The summed E-state index contributed by atoms with van der Waals surface area (Å²) in [6, 6.07) is 7.55. The summed E-state index contributed by atoms with van der Waals surface area (Å²) in [4.78, 5) is 15.1. The maximum absolute atomic E-state index is 11.7. The molecule has 3 N–H and O–H groups in total. The number of aromatic nitrogens is 1. The van der Waals surface area contributed by atoms with Gasteiger partial charge in [0.1, 0.15) is 0 Å². The number of carbonyl (C=O) groups is 1. The number of aromatic amines is 1. The molecule has 1 aliphatic heterocycles. The van der Waals surface area contributed by atoms with Gasteiger partial charge in [0, 0.05) is 28.9 Å². The first-order chi connectivity index (χ1) is 11.2. The summed E-state index contributed by atoms with van der Waals surface area (Å²) in [5.74, 6) is 0.672. The van der Waals surface area contributed by atoms with E-state index in [9.17, 15) is 10.0 Å². The summed E-state index contributed by atoms with van der Waals surface area (Å²) in [6.45, 7) is 0.535. The maximum atomic E-state index is 11.7. The van der Waals surface area contributed by atoms with Crippen molar-refractivity contribution in [2.75, 3.05) is 25.7 Å². The highest BCUT2D eigenvalue weighted by atomic mass is 32.2. The van der Waals surface area contributed by atoms with Crippen molar-refractivity contribution in [2.24, 2.45) is 0 Å². The number of ether oxygens (including phenoxy) is 1. The largest absolute Gasteiger partial charge is 0.453 e. The van der Waals surface area contributed by atoms with Crippen molar-refractivity contribution >= 4 is 28.8 Å². The van der Waals surface area contributed by atoms with Crippen LogP contribution in [0, 0.1) is 0 Å². The van der Waals surface area contributed by atoms with Crippen molar-refractivity contribution < 1.29 is 14.7 Å². The Morgan fingerprint density at radius 1 is 1.57 bits per heavy atom. The molecule has 0 saturated heterocycles. The maximum Gasteiger partial charge on any atom is 0.407 e. The number of hydrogen-bond acceptors (Lipinski definition) is 5. The molecule has 0 unspecified atom stereocenters. The predicted octanol–water partition coefficient (Wildman–Crippen LogP) is 2.54. The highest BCUT2D eigenvalue weighted by Crippen LogP contribution is 2.36. The van der Waals surface area contributed by atoms with Gasteiger partial charge in [0.25, 0.3) is 0 Å². The topological polar surface area (TPSA) is 77.6 Å². The van der Waals surface area contributed by atoms with Crippen LogP contribution in [0.25, 0.3) is 10.9 Å². The molecule has 1 aliphatic rings. The average molecular weight is 335 g/mol. The Balaban J connectivity index is 2.02. The second kappa shape index (κ2) is 6.82. The molecular formula is C16H21N3O3S. The minimum atomic E-state index is -0.485. The van der Waals surface area contributed by atoms with E-state index in [0.717, 1.165) is 17.6 Å². The third kappa shape index (κ3) is 3.04. The Labute approximate surface area is 139 Å². The van der Waals surface area contributed by atoms with Crippen molar-refractivity contribution in [3.05, 3.63) is 35.5 Å². The summed E-state index contributed by atoms with van der Waals surface area (Å²) < 4.78 is 4.73. The van der Waals surface area contributed by atoms with E-state index in [1.165, 1.54) is 23.1 Å². The Hall–Kier alpha value is -1.70. The normalized spacial score (nSPS) is 19.3. The molecule has 0 spiro atoms. The monoisotopic (exact) mass is 335 g/mol. The molecule has 1 aromatic carbocycles. The van der Waals surface area contributed by atoms with Gasteiger partial charge in [0.2, 0.25) is 0 Å². The van der Waals surface area contributed by atoms with Gasteiger partial charge in [-0.2, -0.15) is 16.8 Å². The van der Waals surface area contributed by atoms with Gasteiger partial charge in [-0.25, -0.2) is 4.79 Å². The molecule has 0 radical (unpaired) electrons. The smallest absolute Gasteiger partial charge is 0.407 e. The van der Waals surface area contributed by atoms with Gasteiger partial charge < -0.3 is 20.2 Å². The van der Waals surface area contributed by atoms with Crippen molar-refractivity contribution in [1.82, 2.24) is 15.4 Å². The molecule has 2 atom stereocenters. The molecule has 0 saturated carbocycles. The quantitative estimate of drug-likeness (QED) is 0.800. The minimum Gasteiger partial charge on any atom is -0.453 e. The van der Waals surface area contributed by atoms with E-state index in [1.807, 2.05) is 24.5 Å². The SMILES string of the molecule is COC(=O)N[C@@H](CSC)[C@H]1c2[nH]c3ccccc3c2CCN1O. The zero-order valence-electron chi connectivity index (χ0n) is 13.2. The number of methoxy groups -OCH3 is 1. The number of carbonyl (C=O) groups excluding carboxylic acids is 1. The average Bonchev–Trinajstić information content (AvgIpc) is 2.92. The number of thioether (sulfide) groups is 1. The number of hydrogen-bond donors (Lipinski definition) is 3. The fourth-order valence-electron chi connectivity index (χ4n) is 3.27. The van der Waals surface area contributed by atoms with Crippen LogP contribution in [0.15, 0.2) is 24.3 Å². The van der Waals surface area contributed by atoms with Gasteiger partial charge in [-0.1, -0.05) is 18.2 Å². The zero-order chi connectivity index (χ0) is 16.4. The van der Waals surface area contributed by atoms with Crippen LogP contribution in [-0.2, 0) is 11.2 Å². The standard InChI is InChI=1S/C16H21N3O3S/c1-22-16(20)18-13(9-23-2)15-14-11(7-8-19(15)21)10-5-3-4-6-12(10)17-14/h3-6,13,15,17,21H,7-9H2,1-2H3,(H,18,20)/t13-,15-/m0/s1. The number of para-hydroxylation sites is 1.